The first-order valence-corrected chi connectivity index (χ1v) is 8.34. The maximum Gasteiger partial charge on any atom is 0.313 e. The van der Waals surface area contributed by atoms with Crippen molar-refractivity contribution in [2.45, 2.75) is 19.9 Å². The molecular weight excluding hydrogens is 356 g/mol. The first kappa shape index (κ1) is 19.6. The molecule has 0 fully saturated rings. The molecule has 0 aliphatic carbocycles. The van der Waals surface area contributed by atoms with Crippen LogP contribution >= 0.6 is 11.6 Å². The fourth-order valence-corrected chi connectivity index (χ4v) is 2.56. The average Bonchev–Trinajstić information content (AvgIpc) is 2.64. The minimum atomic E-state index is -0.761. The maximum absolute atomic E-state index is 12.2. The number of nitrogens with one attached hydrogen (secondary N) is 2. The molecular formula is C19H21ClN2O4. The van der Waals surface area contributed by atoms with Gasteiger partial charge in [0.2, 0.25) is 0 Å². The molecule has 2 aromatic carbocycles. The number of carbonyl (C=O) groups excluding carboxylic acids is 2. The van der Waals surface area contributed by atoms with Crippen LogP contribution in [0.25, 0.3) is 0 Å². The van der Waals surface area contributed by atoms with E-state index in [9.17, 15) is 9.59 Å². The van der Waals surface area contributed by atoms with Crippen molar-refractivity contribution in [2.75, 3.05) is 19.5 Å². The topological polar surface area (TPSA) is 76.7 Å². The fraction of sp³-hybridized carbons (Fsp3) is 0.263. The molecule has 138 valence electrons. The number of ether oxygens (including phenoxy) is 2. The van der Waals surface area contributed by atoms with Crippen LogP contribution in [0.3, 0.4) is 0 Å². The average molecular weight is 377 g/mol. The van der Waals surface area contributed by atoms with Crippen molar-refractivity contribution in [1.29, 1.82) is 0 Å². The summed E-state index contributed by atoms with van der Waals surface area (Å²) in [6, 6.07) is 10.00. The number of amides is 2. The number of hydrogen-bond acceptors (Lipinski definition) is 4. The highest BCUT2D eigenvalue weighted by Crippen LogP contribution is 2.30. The van der Waals surface area contributed by atoms with E-state index < -0.39 is 17.9 Å². The van der Waals surface area contributed by atoms with Gasteiger partial charge in [-0.1, -0.05) is 23.7 Å². The Balaban J connectivity index is 2.06. The Morgan fingerprint density at radius 1 is 1.04 bits per heavy atom. The molecule has 2 aromatic rings. The van der Waals surface area contributed by atoms with Crippen molar-refractivity contribution in [3.05, 3.63) is 52.5 Å². The summed E-state index contributed by atoms with van der Waals surface area (Å²) in [7, 11) is 3.08. The molecule has 0 saturated carbocycles. The van der Waals surface area contributed by atoms with Gasteiger partial charge in [-0.2, -0.15) is 0 Å². The first-order valence-electron chi connectivity index (χ1n) is 7.96. The molecule has 2 rings (SSSR count). The van der Waals surface area contributed by atoms with E-state index in [-0.39, 0.29) is 0 Å². The van der Waals surface area contributed by atoms with Crippen LogP contribution in [0.1, 0.15) is 24.1 Å². The molecule has 0 radical (unpaired) electrons. The Morgan fingerprint density at radius 2 is 1.73 bits per heavy atom. The number of benzene rings is 2. The molecule has 0 saturated heterocycles. The summed E-state index contributed by atoms with van der Waals surface area (Å²) in [5.41, 5.74) is 1.97. The van der Waals surface area contributed by atoms with Crippen LogP contribution in [0.5, 0.6) is 11.5 Å². The molecule has 0 bridgehead atoms. The lowest BCUT2D eigenvalue weighted by Gasteiger charge is -2.16. The Bertz CT molecular complexity index is 823. The van der Waals surface area contributed by atoms with Gasteiger partial charge in [0.15, 0.2) is 11.5 Å². The van der Waals surface area contributed by atoms with Gasteiger partial charge in [0, 0.05) is 10.7 Å². The third kappa shape index (κ3) is 4.46. The van der Waals surface area contributed by atoms with E-state index in [0.29, 0.717) is 27.8 Å². The first-order chi connectivity index (χ1) is 12.4. The third-order valence-corrected chi connectivity index (χ3v) is 4.39. The van der Waals surface area contributed by atoms with E-state index >= 15 is 0 Å². The van der Waals surface area contributed by atoms with Crippen molar-refractivity contribution < 1.29 is 19.1 Å². The van der Waals surface area contributed by atoms with E-state index in [1.165, 1.54) is 7.11 Å². The van der Waals surface area contributed by atoms with E-state index in [1.54, 1.807) is 57.4 Å². The maximum atomic E-state index is 12.2. The third-order valence-electron chi connectivity index (χ3n) is 3.98. The Labute approximate surface area is 157 Å². The van der Waals surface area contributed by atoms with E-state index in [2.05, 4.69) is 10.6 Å². The molecule has 1 unspecified atom stereocenters. The summed E-state index contributed by atoms with van der Waals surface area (Å²) in [5, 5.41) is 5.74. The van der Waals surface area contributed by atoms with Crippen LogP contribution in [0.4, 0.5) is 5.69 Å². The smallest absolute Gasteiger partial charge is 0.313 e. The van der Waals surface area contributed by atoms with E-state index in [4.69, 9.17) is 21.1 Å². The van der Waals surface area contributed by atoms with Crippen molar-refractivity contribution >= 4 is 29.1 Å². The number of carbonyl (C=O) groups is 2. The molecule has 0 aliphatic heterocycles. The van der Waals surface area contributed by atoms with Gasteiger partial charge in [-0.25, -0.2) is 0 Å². The highest BCUT2D eigenvalue weighted by Gasteiger charge is 2.19. The molecule has 6 nitrogen and oxygen atoms in total. The Hall–Kier alpha value is -2.73. The van der Waals surface area contributed by atoms with Gasteiger partial charge in [-0.15, -0.1) is 0 Å². The van der Waals surface area contributed by atoms with Gasteiger partial charge in [-0.05, 0) is 49.2 Å². The summed E-state index contributed by atoms with van der Waals surface area (Å²) in [6.45, 7) is 3.54. The van der Waals surface area contributed by atoms with Gasteiger partial charge in [0.05, 0.1) is 20.3 Å². The molecule has 2 amide bonds. The van der Waals surface area contributed by atoms with Crippen LogP contribution in [-0.2, 0) is 9.59 Å². The van der Waals surface area contributed by atoms with Crippen LogP contribution in [0.2, 0.25) is 5.02 Å². The lowest BCUT2D eigenvalue weighted by molar-refractivity contribution is -0.136. The summed E-state index contributed by atoms with van der Waals surface area (Å²) in [4.78, 5) is 24.3. The van der Waals surface area contributed by atoms with Gasteiger partial charge in [-0.3, -0.25) is 9.59 Å². The molecule has 0 aliphatic rings. The molecule has 7 heteroatoms. The van der Waals surface area contributed by atoms with Crippen molar-refractivity contribution in [3.63, 3.8) is 0 Å². The molecule has 0 spiro atoms. The quantitative estimate of drug-likeness (QED) is 0.783. The summed E-state index contributed by atoms with van der Waals surface area (Å²) in [6.07, 6.45) is 0. The summed E-state index contributed by atoms with van der Waals surface area (Å²) >= 11 is 6.02. The molecule has 2 N–H and O–H groups in total. The van der Waals surface area contributed by atoms with Gasteiger partial charge >= 0.3 is 11.8 Å². The number of halogens is 1. The van der Waals surface area contributed by atoms with Gasteiger partial charge in [0.1, 0.15) is 0 Å². The number of rotatable bonds is 5. The number of anilines is 1. The summed E-state index contributed by atoms with van der Waals surface area (Å²) in [5.74, 6) is -0.372. The second kappa shape index (κ2) is 8.58. The predicted octanol–water partition coefficient (Wildman–Crippen LogP) is 3.48. The SMILES string of the molecule is COc1ccc(C(C)NC(=O)C(=O)Nc2cccc(Cl)c2C)cc1OC. The van der Waals surface area contributed by atoms with Crippen molar-refractivity contribution in [2.24, 2.45) is 0 Å². The fourth-order valence-electron chi connectivity index (χ4n) is 2.39. The largest absolute Gasteiger partial charge is 0.493 e. The molecule has 26 heavy (non-hydrogen) atoms. The second-order valence-electron chi connectivity index (χ2n) is 5.68. The predicted molar refractivity (Wildman–Crippen MR) is 101 cm³/mol. The zero-order valence-corrected chi connectivity index (χ0v) is 15.8. The van der Waals surface area contributed by atoms with Crippen molar-refractivity contribution in [1.82, 2.24) is 5.32 Å². The van der Waals surface area contributed by atoms with Gasteiger partial charge < -0.3 is 20.1 Å². The van der Waals surface area contributed by atoms with Crippen LogP contribution in [0, 0.1) is 6.92 Å². The van der Waals surface area contributed by atoms with Gasteiger partial charge in [0.25, 0.3) is 0 Å². The highest BCUT2D eigenvalue weighted by atomic mass is 35.5. The van der Waals surface area contributed by atoms with E-state index in [0.717, 1.165) is 5.56 Å². The van der Waals surface area contributed by atoms with Crippen LogP contribution in [-0.4, -0.2) is 26.0 Å². The monoisotopic (exact) mass is 376 g/mol. The second-order valence-corrected chi connectivity index (χ2v) is 6.08. The lowest BCUT2D eigenvalue weighted by atomic mass is 10.1. The Morgan fingerprint density at radius 3 is 2.38 bits per heavy atom. The summed E-state index contributed by atoms with van der Waals surface area (Å²) < 4.78 is 10.4. The molecule has 0 heterocycles. The Kier molecular flexibility index (Phi) is 6.46. The standard InChI is InChI=1S/C19H21ClN2O4/c1-11-14(20)6-5-7-15(11)22-19(24)18(23)21-12(2)13-8-9-16(25-3)17(10-13)26-4/h5-10,12H,1-4H3,(H,21,23)(H,22,24). The van der Waals surface area contributed by atoms with Crippen LogP contribution in [0.15, 0.2) is 36.4 Å². The highest BCUT2D eigenvalue weighted by molar-refractivity contribution is 6.40. The zero-order valence-electron chi connectivity index (χ0n) is 15.1. The zero-order chi connectivity index (χ0) is 19.3. The molecule has 1 atom stereocenters. The normalized spacial score (nSPS) is 11.4. The minimum Gasteiger partial charge on any atom is -0.493 e. The molecule has 0 aromatic heterocycles. The van der Waals surface area contributed by atoms with Crippen LogP contribution < -0.4 is 20.1 Å². The number of hydrogen-bond donors (Lipinski definition) is 2. The number of methoxy groups -OCH3 is 2. The van der Waals surface area contributed by atoms with E-state index in [1.807, 2.05) is 0 Å². The minimum absolute atomic E-state index is 0.395. The lowest BCUT2D eigenvalue weighted by Crippen LogP contribution is -2.37. The van der Waals surface area contributed by atoms with Crippen molar-refractivity contribution in [3.8, 4) is 11.5 Å².